The Morgan fingerprint density at radius 1 is 1.30 bits per heavy atom. The first-order chi connectivity index (χ1) is 9.81. The zero-order chi connectivity index (χ0) is 13.8. The second-order valence-electron chi connectivity index (χ2n) is 5.05. The van der Waals surface area contributed by atoms with Gasteiger partial charge >= 0.3 is 0 Å². The molecule has 0 atom stereocenters. The molecule has 104 valence electrons. The molecule has 0 spiro atoms. The van der Waals surface area contributed by atoms with Crippen molar-refractivity contribution >= 4 is 28.6 Å². The third-order valence-corrected chi connectivity index (χ3v) is 4.38. The van der Waals surface area contributed by atoms with Crippen molar-refractivity contribution in [3.05, 3.63) is 30.5 Å². The van der Waals surface area contributed by atoms with E-state index in [1.807, 2.05) is 24.3 Å². The highest BCUT2D eigenvalue weighted by Gasteiger charge is 2.17. The van der Waals surface area contributed by atoms with Crippen LogP contribution < -0.4 is 5.32 Å². The summed E-state index contributed by atoms with van der Waals surface area (Å²) in [4.78, 5) is 20.6. The number of benzene rings is 1. The van der Waals surface area contributed by atoms with Crippen LogP contribution in [0, 0.1) is 0 Å². The van der Waals surface area contributed by atoms with Crippen LogP contribution in [0.5, 0.6) is 0 Å². The van der Waals surface area contributed by atoms with Crippen molar-refractivity contribution in [1.29, 1.82) is 0 Å². The van der Waals surface area contributed by atoms with E-state index in [1.54, 1.807) is 6.20 Å². The van der Waals surface area contributed by atoms with Crippen LogP contribution in [0.1, 0.15) is 25.7 Å². The highest BCUT2D eigenvalue weighted by atomic mass is 32.2. The summed E-state index contributed by atoms with van der Waals surface area (Å²) in [6.07, 6.45) is 6.49. The largest absolute Gasteiger partial charge is 0.353 e. The maximum atomic E-state index is 11.8. The zero-order valence-corrected chi connectivity index (χ0v) is 12.0. The lowest BCUT2D eigenvalue weighted by atomic mass is 10.2. The molecule has 5 heteroatoms. The van der Waals surface area contributed by atoms with E-state index in [4.69, 9.17) is 0 Å². The molecule has 0 saturated heterocycles. The van der Waals surface area contributed by atoms with E-state index in [0.29, 0.717) is 17.0 Å². The Morgan fingerprint density at radius 3 is 2.95 bits per heavy atom. The number of carbonyl (C=O) groups excluding carboxylic acids is 1. The molecule has 2 aromatic rings. The van der Waals surface area contributed by atoms with Crippen molar-refractivity contribution < 1.29 is 4.79 Å². The molecule has 1 aromatic carbocycles. The van der Waals surface area contributed by atoms with Gasteiger partial charge in [-0.15, -0.1) is 0 Å². The predicted molar refractivity (Wildman–Crippen MR) is 80.7 cm³/mol. The van der Waals surface area contributed by atoms with E-state index in [9.17, 15) is 4.79 Å². The third kappa shape index (κ3) is 3.28. The second kappa shape index (κ2) is 6.22. The van der Waals surface area contributed by atoms with Gasteiger partial charge in [-0.3, -0.25) is 4.79 Å². The number of rotatable bonds is 4. The standard InChI is InChI=1S/C15H17N3OS/c19-14(17-12-6-2-3-7-12)10-20-15-16-9-11-5-1-4-8-13(11)18-15/h1,4-5,8-9,12H,2-3,6-7,10H2,(H,17,19). The van der Waals surface area contributed by atoms with E-state index < -0.39 is 0 Å². The monoisotopic (exact) mass is 287 g/mol. The number of para-hydroxylation sites is 1. The molecule has 1 aliphatic rings. The maximum Gasteiger partial charge on any atom is 0.230 e. The number of hydrogen-bond donors (Lipinski definition) is 1. The molecule has 1 N–H and O–H groups in total. The summed E-state index contributed by atoms with van der Waals surface area (Å²) in [5.41, 5.74) is 0.918. The van der Waals surface area contributed by atoms with E-state index in [2.05, 4.69) is 15.3 Å². The third-order valence-electron chi connectivity index (χ3n) is 3.52. The molecule has 1 fully saturated rings. The lowest BCUT2D eigenvalue weighted by Gasteiger charge is -2.11. The Kier molecular flexibility index (Phi) is 4.16. The quantitative estimate of drug-likeness (QED) is 0.694. The first-order valence-corrected chi connectivity index (χ1v) is 7.94. The number of nitrogens with one attached hydrogen (secondary N) is 1. The molecule has 1 amide bonds. The van der Waals surface area contributed by atoms with Crippen molar-refractivity contribution in [1.82, 2.24) is 15.3 Å². The SMILES string of the molecule is O=C(CSc1ncc2ccccc2n1)NC1CCCC1. The van der Waals surface area contributed by atoms with Gasteiger partial charge in [0.1, 0.15) is 0 Å². The van der Waals surface area contributed by atoms with Gasteiger partial charge in [-0.25, -0.2) is 9.97 Å². The van der Waals surface area contributed by atoms with Gasteiger partial charge < -0.3 is 5.32 Å². The topological polar surface area (TPSA) is 54.9 Å². The molecule has 1 heterocycles. The molecular weight excluding hydrogens is 270 g/mol. The molecule has 1 aliphatic carbocycles. The summed E-state index contributed by atoms with van der Waals surface area (Å²) in [6, 6.07) is 8.24. The van der Waals surface area contributed by atoms with Gasteiger partial charge in [0.15, 0.2) is 5.16 Å². The van der Waals surface area contributed by atoms with Crippen molar-refractivity contribution in [2.24, 2.45) is 0 Å². The number of amides is 1. The Labute approximate surface area is 122 Å². The number of thioether (sulfide) groups is 1. The van der Waals surface area contributed by atoms with E-state index in [0.717, 1.165) is 23.7 Å². The van der Waals surface area contributed by atoms with Gasteiger partial charge in [0.05, 0.1) is 11.3 Å². The fraction of sp³-hybridized carbons (Fsp3) is 0.400. The highest BCUT2D eigenvalue weighted by Crippen LogP contribution is 2.19. The molecule has 0 unspecified atom stereocenters. The Bertz CT molecular complexity index is 611. The summed E-state index contributed by atoms with van der Waals surface area (Å²) >= 11 is 1.39. The van der Waals surface area contributed by atoms with Crippen molar-refractivity contribution in [2.45, 2.75) is 36.9 Å². The number of fused-ring (bicyclic) bond motifs is 1. The minimum absolute atomic E-state index is 0.0821. The summed E-state index contributed by atoms with van der Waals surface area (Å²) in [6.45, 7) is 0. The van der Waals surface area contributed by atoms with Crippen molar-refractivity contribution in [2.75, 3.05) is 5.75 Å². The van der Waals surface area contributed by atoms with Crippen LogP contribution in [0.4, 0.5) is 0 Å². The first-order valence-electron chi connectivity index (χ1n) is 6.95. The van der Waals surface area contributed by atoms with E-state index >= 15 is 0 Å². The fourth-order valence-corrected chi connectivity index (χ4v) is 3.13. The zero-order valence-electron chi connectivity index (χ0n) is 11.2. The number of hydrogen-bond acceptors (Lipinski definition) is 4. The smallest absolute Gasteiger partial charge is 0.230 e. The van der Waals surface area contributed by atoms with Gasteiger partial charge in [-0.1, -0.05) is 42.8 Å². The minimum atomic E-state index is 0.0821. The van der Waals surface area contributed by atoms with Gasteiger partial charge in [0.2, 0.25) is 5.91 Å². The molecule has 0 bridgehead atoms. The Balaban J connectivity index is 1.57. The fourth-order valence-electron chi connectivity index (χ4n) is 2.49. The number of nitrogens with zero attached hydrogens (tertiary/aromatic N) is 2. The molecule has 1 aromatic heterocycles. The summed E-state index contributed by atoms with van der Waals surface area (Å²) < 4.78 is 0. The van der Waals surface area contributed by atoms with Gasteiger partial charge in [0, 0.05) is 17.6 Å². The van der Waals surface area contributed by atoms with Gasteiger partial charge in [-0.2, -0.15) is 0 Å². The second-order valence-corrected chi connectivity index (χ2v) is 5.99. The average Bonchev–Trinajstić information content (AvgIpc) is 2.98. The van der Waals surface area contributed by atoms with Crippen molar-refractivity contribution in [3.63, 3.8) is 0 Å². The van der Waals surface area contributed by atoms with Crippen LogP contribution in [0.2, 0.25) is 0 Å². The molecule has 1 saturated carbocycles. The number of carbonyl (C=O) groups is 1. The van der Waals surface area contributed by atoms with Crippen LogP contribution in [0.15, 0.2) is 35.6 Å². The predicted octanol–water partition coefficient (Wildman–Crippen LogP) is 2.78. The first kappa shape index (κ1) is 13.4. The van der Waals surface area contributed by atoms with Gasteiger partial charge in [0.25, 0.3) is 0 Å². The van der Waals surface area contributed by atoms with Crippen LogP contribution in [-0.2, 0) is 4.79 Å². The summed E-state index contributed by atoms with van der Waals surface area (Å²) in [5, 5.41) is 4.75. The van der Waals surface area contributed by atoms with E-state index in [1.165, 1.54) is 24.6 Å². The molecule has 20 heavy (non-hydrogen) atoms. The highest BCUT2D eigenvalue weighted by molar-refractivity contribution is 7.99. The maximum absolute atomic E-state index is 11.8. The van der Waals surface area contributed by atoms with Crippen LogP contribution in [0.25, 0.3) is 10.9 Å². The summed E-state index contributed by atoms with van der Waals surface area (Å²) in [5.74, 6) is 0.466. The minimum Gasteiger partial charge on any atom is -0.353 e. The van der Waals surface area contributed by atoms with E-state index in [-0.39, 0.29) is 5.91 Å². The summed E-state index contributed by atoms with van der Waals surface area (Å²) in [7, 11) is 0. The van der Waals surface area contributed by atoms with Crippen LogP contribution in [0.3, 0.4) is 0 Å². The normalized spacial score (nSPS) is 15.6. The molecular formula is C15H17N3OS. The van der Waals surface area contributed by atoms with Crippen molar-refractivity contribution in [3.8, 4) is 0 Å². The molecule has 0 aliphatic heterocycles. The Hall–Kier alpha value is -1.62. The molecule has 4 nitrogen and oxygen atoms in total. The van der Waals surface area contributed by atoms with Crippen LogP contribution >= 0.6 is 11.8 Å². The average molecular weight is 287 g/mol. The molecule has 3 rings (SSSR count). The lowest BCUT2D eigenvalue weighted by molar-refractivity contribution is -0.119. The molecule has 0 radical (unpaired) electrons. The Morgan fingerprint density at radius 2 is 2.10 bits per heavy atom. The van der Waals surface area contributed by atoms with Gasteiger partial charge in [-0.05, 0) is 18.9 Å². The number of aromatic nitrogens is 2. The lowest BCUT2D eigenvalue weighted by Crippen LogP contribution is -2.33. The van der Waals surface area contributed by atoms with Crippen LogP contribution in [-0.4, -0.2) is 27.7 Å².